The van der Waals surface area contributed by atoms with Gasteiger partial charge >= 0.3 is 0 Å². The molecular weight excluding hydrogens is 278 g/mol. The SMILES string of the molecule is COc1ccc2c(OC)c3ccoc3nc2c1CC=C(C)C. The van der Waals surface area contributed by atoms with Crippen molar-refractivity contribution in [2.45, 2.75) is 20.3 Å². The molecule has 2 heterocycles. The highest BCUT2D eigenvalue weighted by Gasteiger charge is 2.16. The van der Waals surface area contributed by atoms with Crippen LogP contribution in [0.15, 0.2) is 40.5 Å². The monoisotopic (exact) mass is 297 g/mol. The Morgan fingerprint density at radius 3 is 2.64 bits per heavy atom. The number of rotatable bonds is 4. The van der Waals surface area contributed by atoms with Crippen LogP contribution in [0.2, 0.25) is 0 Å². The number of aromatic nitrogens is 1. The molecule has 0 saturated carbocycles. The number of hydrogen-bond donors (Lipinski definition) is 0. The molecule has 3 aromatic rings. The molecule has 0 aliphatic carbocycles. The van der Waals surface area contributed by atoms with E-state index in [0.717, 1.165) is 39.8 Å². The van der Waals surface area contributed by atoms with Gasteiger partial charge in [0.1, 0.15) is 11.5 Å². The topological polar surface area (TPSA) is 44.5 Å². The summed E-state index contributed by atoms with van der Waals surface area (Å²) in [5, 5.41) is 1.85. The van der Waals surface area contributed by atoms with Gasteiger partial charge in [-0.05, 0) is 38.5 Å². The fourth-order valence-corrected chi connectivity index (χ4v) is 2.65. The third-order valence-corrected chi connectivity index (χ3v) is 3.73. The first-order valence-electron chi connectivity index (χ1n) is 7.19. The summed E-state index contributed by atoms with van der Waals surface area (Å²) in [5.41, 5.74) is 3.73. The van der Waals surface area contributed by atoms with E-state index >= 15 is 0 Å². The van der Waals surface area contributed by atoms with Gasteiger partial charge in [-0.1, -0.05) is 11.6 Å². The summed E-state index contributed by atoms with van der Waals surface area (Å²) in [6.07, 6.45) is 4.55. The zero-order chi connectivity index (χ0) is 15.7. The smallest absolute Gasteiger partial charge is 0.230 e. The van der Waals surface area contributed by atoms with Crippen molar-refractivity contribution in [1.82, 2.24) is 4.98 Å². The van der Waals surface area contributed by atoms with Crippen molar-refractivity contribution in [3.05, 3.63) is 41.7 Å². The van der Waals surface area contributed by atoms with Crippen LogP contribution in [-0.2, 0) is 6.42 Å². The molecule has 2 aromatic heterocycles. The van der Waals surface area contributed by atoms with Gasteiger partial charge in [-0.3, -0.25) is 0 Å². The first kappa shape index (κ1) is 14.4. The Kier molecular flexibility index (Phi) is 3.75. The number of pyridine rings is 1. The minimum Gasteiger partial charge on any atom is -0.496 e. The van der Waals surface area contributed by atoms with Crippen LogP contribution in [0.5, 0.6) is 11.5 Å². The molecule has 0 saturated heterocycles. The average molecular weight is 297 g/mol. The molecule has 22 heavy (non-hydrogen) atoms. The van der Waals surface area contributed by atoms with Crippen molar-refractivity contribution in [2.75, 3.05) is 14.2 Å². The second-order valence-electron chi connectivity index (χ2n) is 5.41. The molecule has 0 fully saturated rings. The summed E-state index contributed by atoms with van der Waals surface area (Å²) in [5.74, 6) is 1.61. The van der Waals surface area contributed by atoms with Gasteiger partial charge in [0, 0.05) is 10.9 Å². The first-order chi connectivity index (χ1) is 10.7. The lowest BCUT2D eigenvalue weighted by molar-refractivity contribution is 0.411. The molecule has 0 aliphatic heterocycles. The van der Waals surface area contributed by atoms with Gasteiger partial charge in [-0.2, -0.15) is 0 Å². The Labute approximate surface area is 129 Å². The molecule has 3 rings (SSSR count). The van der Waals surface area contributed by atoms with E-state index in [4.69, 9.17) is 13.9 Å². The summed E-state index contributed by atoms with van der Waals surface area (Å²) in [6, 6.07) is 5.83. The lowest BCUT2D eigenvalue weighted by Gasteiger charge is -2.13. The van der Waals surface area contributed by atoms with Gasteiger partial charge in [0.15, 0.2) is 0 Å². The molecule has 0 N–H and O–H groups in total. The van der Waals surface area contributed by atoms with E-state index in [1.165, 1.54) is 5.57 Å². The van der Waals surface area contributed by atoms with Gasteiger partial charge in [-0.25, -0.2) is 4.98 Å². The molecule has 4 heteroatoms. The molecular formula is C18H19NO3. The minimum atomic E-state index is 0.580. The number of allylic oxidation sites excluding steroid dienone is 2. The fraction of sp³-hybridized carbons (Fsp3) is 0.278. The standard InChI is InChI=1S/C18H19NO3/c1-11(2)5-6-12-15(20-3)8-7-13-16(12)19-18-14(9-10-22-18)17(13)21-4/h5,7-10H,6H2,1-4H3. The summed E-state index contributed by atoms with van der Waals surface area (Å²) in [7, 11) is 3.34. The number of methoxy groups -OCH3 is 2. The highest BCUT2D eigenvalue weighted by atomic mass is 16.5. The van der Waals surface area contributed by atoms with Crippen LogP contribution in [0.1, 0.15) is 19.4 Å². The number of furan rings is 1. The number of nitrogens with zero attached hydrogens (tertiary/aromatic N) is 1. The fourth-order valence-electron chi connectivity index (χ4n) is 2.65. The van der Waals surface area contributed by atoms with Crippen LogP contribution in [0, 0.1) is 0 Å². The third-order valence-electron chi connectivity index (χ3n) is 3.73. The molecule has 0 unspecified atom stereocenters. The van der Waals surface area contributed by atoms with Crippen LogP contribution in [-0.4, -0.2) is 19.2 Å². The lowest BCUT2D eigenvalue weighted by Crippen LogP contribution is -1.97. The van der Waals surface area contributed by atoms with E-state index in [9.17, 15) is 0 Å². The Morgan fingerprint density at radius 1 is 1.14 bits per heavy atom. The number of fused-ring (bicyclic) bond motifs is 2. The second kappa shape index (κ2) is 5.72. The highest BCUT2D eigenvalue weighted by molar-refractivity contribution is 6.01. The molecule has 0 amide bonds. The number of benzene rings is 1. The van der Waals surface area contributed by atoms with Crippen molar-refractivity contribution in [1.29, 1.82) is 0 Å². The zero-order valence-electron chi connectivity index (χ0n) is 13.3. The van der Waals surface area contributed by atoms with Gasteiger partial charge in [0.25, 0.3) is 0 Å². The highest BCUT2D eigenvalue weighted by Crippen LogP contribution is 2.37. The van der Waals surface area contributed by atoms with Crippen molar-refractivity contribution < 1.29 is 13.9 Å². The van der Waals surface area contributed by atoms with Gasteiger partial charge in [0.2, 0.25) is 5.71 Å². The zero-order valence-corrected chi connectivity index (χ0v) is 13.3. The summed E-state index contributed by atoms with van der Waals surface area (Å²) >= 11 is 0. The second-order valence-corrected chi connectivity index (χ2v) is 5.41. The predicted molar refractivity (Wildman–Crippen MR) is 87.8 cm³/mol. The summed E-state index contributed by atoms with van der Waals surface area (Å²) < 4.78 is 16.6. The van der Waals surface area contributed by atoms with E-state index < -0.39 is 0 Å². The molecule has 4 nitrogen and oxygen atoms in total. The predicted octanol–water partition coefficient (Wildman–Crippen LogP) is 4.51. The van der Waals surface area contributed by atoms with E-state index in [1.807, 2.05) is 18.2 Å². The normalized spacial score (nSPS) is 10.9. The molecule has 0 spiro atoms. The van der Waals surface area contributed by atoms with Crippen LogP contribution < -0.4 is 9.47 Å². The van der Waals surface area contributed by atoms with Crippen LogP contribution in [0.4, 0.5) is 0 Å². The maximum Gasteiger partial charge on any atom is 0.230 e. The van der Waals surface area contributed by atoms with Crippen molar-refractivity contribution >= 4 is 22.0 Å². The number of hydrogen-bond acceptors (Lipinski definition) is 4. The van der Waals surface area contributed by atoms with E-state index in [-0.39, 0.29) is 0 Å². The summed E-state index contributed by atoms with van der Waals surface area (Å²) in [4.78, 5) is 4.68. The molecule has 114 valence electrons. The van der Waals surface area contributed by atoms with Crippen LogP contribution in [0.25, 0.3) is 22.0 Å². The number of ether oxygens (including phenoxy) is 2. The molecule has 0 aliphatic rings. The van der Waals surface area contributed by atoms with Crippen LogP contribution >= 0.6 is 0 Å². The molecule has 0 bridgehead atoms. The Hall–Kier alpha value is -2.49. The Balaban J connectivity index is 2.36. The van der Waals surface area contributed by atoms with E-state index in [0.29, 0.717) is 5.71 Å². The Bertz CT molecular complexity index is 858. The third kappa shape index (κ3) is 2.30. The largest absolute Gasteiger partial charge is 0.496 e. The van der Waals surface area contributed by atoms with Gasteiger partial charge < -0.3 is 13.9 Å². The van der Waals surface area contributed by atoms with E-state index in [2.05, 4.69) is 24.9 Å². The first-order valence-corrected chi connectivity index (χ1v) is 7.19. The maximum absolute atomic E-state index is 5.60. The van der Waals surface area contributed by atoms with Crippen LogP contribution in [0.3, 0.4) is 0 Å². The molecule has 0 radical (unpaired) electrons. The average Bonchev–Trinajstić information content (AvgIpc) is 2.97. The quantitative estimate of drug-likeness (QED) is 0.665. The van der Waals surface area contributed by atoms with Crippen molar-refractivity contribution in [3.8, 4) is 11.5 Å². The van der Waals surface area contributed by atoms with Crippen molar-refractivity contribution in [2.24, 2.45) is 0 Å². The Morgan fingerprint density at radius 2 is 1.95 bits per heavy atom. The van der Waals surface area contributed by atoms with Crippen molar-refractivity contribution in [3.63, 3.8) is 0 Å². The minimum absolute atomic E-state index is 0.580. The van der Waals surface area contributed by atoms with Gasteiger partial charge in [0.05, 0.1) is 31.4 Å². The molecule has 1 aromatic carbocycles. The van der Waals surface area contributed by atoms with Gasteiger partial charge in [-0.15, -0.1) is 0 Å². The summed E-state index contributed by atoms with van der Waals surface area (Å²) in [6.45, 7) is 4.16. The van der Waals surface area contributed by atoms with E-state index in [1.54, 1.807) is 20.5 Å². The maximum atomic E-state index is 5.60. The molecule has 0 atom stereocenters. The lowest BCUT2D eigenvalue weighted by atomic mass is 10.0.